The molecule has 0 radical (unpaired) electrons. The van der Waals surface area contributed by atoms with Crippen molar-refractivity contribution in [3.05, 3.63) is 0 Å². The second kappa shape index (κ2) is 11.0. The number of ether oxygens (including phenoxy) is 2. The minimum Gasteiger partial charge on any atom is -0.392 e. The Hall–Kier alpha value is -0.600. The first kappa shape index (κ1) is 22.1. The smallest absolute Gasteiger partial charge is 0.172 e. The first-order valence-corrected chi connectivity index (χ1v) is 11.8. The van der Waals surface area contributed by atoms with Crippen molar-refractivity contribution in [2.24, 2.45) is 17.8 Å². The Kier molecular flexibility index (Phi) is 8.66. The molecule has 4 nitrogen and oxygen atoms in total. The van der Waals surface area contributed by atoms with E-state index >= 15 is 0 Å². The van der Waals surface area contributed by atoms with Gasteiger partial charge in [-0.05, 0) is 25.2 Å². The standard InChI is InChI=1S/C24H40O4/c1-2-3-4-5-6-7-8-9-10-11-12-19(25)13-14-20-21-18-24(27-15-16-28-24)22(21)17-23(20)26/h19-23,25-26H,2-12,15-18H2,1H3. The van der Waals surface area contributed by atoms with E-state index in [2.05, 4.69) is 18.8 Å². The fourth-order valence-corrected chi connectivity index (χ4v) is 5.31. The average Bonchev–Trinajstić information content (AvgIpc) is 3.27. The van der Waals surface area contributed by atoms with Gasteiger partial charge >= 0.3 is 0 Å². The Morgan fingerprint density at radius 1 is 0.964 bits per heavy atom. The van der Waals surface area contributed by atoms with Crippen LogP contribution in [0, 0.1) is 29.6 Å². The third-order valence-electron chi connectivity index (χ3n) is 7.00. The molecule has 4 heteroatoms. The highest BCUT2D eigenvalue weighted by Gasteiger charge is 2.64. The van der Waals surface area contributed by atoms with Crippen molar-refractivity contribution in [1.82, 2.24) is 0 Å². The molecule has 0 amide bonds. The SMILES string of the molecule is CCCCCCCCCCCCC(O)C#CC1C(O)CC2C1CC21OCCO1. The highest BCUT2D eigenvalue weighted by molar-refractivity contribution is 5.19. The van der Waals surface area contributed by atoms with Crippen LogP contribution in [0.25, 0.3) is 0 Å². The molecule has 3 fully saturated rings. The lowest BCUT2D eigenvalue weighted by Gasteiger charge is -2.48. The van der Waals surface area contributed by atoms with E-state index in [9.17, 15) is 10.2 Å². The number of aliphatic hydroxyl groups is 2. The largest absolute Gasteiger partial charge is 0.392 e. The maximum absolute atomic E-state index is 10.4. The summed E-state index contributed by atoms with van der Waals surface area (Å²) >= 11 is 0. The number of fused-ring (bicyclic) bond motifs is 2. The van der Waals surface area contributed by atoms with Gasteiger partial charge in [0.1, 0.15) is 6.10 Å². The van der Waals surface area contributed by atoms with Gasteiger partial charge in [0, 0.05) is 18.3 Å². The van der Waals surface area contributed by atoms with E-state index in [0.717, 1.165) is 19.3 Å². The summed E-state index contributed by atoms with van der Waals surface area (Å²) in [6.07, 6.45) is 14.3. The van der Waals surface area contributed by atoms with Crippen molar-refractivity contribution in [3.63, 3.8) is 0 Å². The topological polar surface area (TPSA) is 58.9 Å². The fourth-order valence-electron chi connectivity index (χ4n) is 5.31. The van der Waals surface area contributed by atoms with Crippen molar-refractivity contribution < 1.29 is 19.7 Å². The number of rotatable bonds is 11. The first-order valence-electron chi connectivity index (χ1n) is 11.8. The van der Waals surface area contributed by atoms with E-state index in [1.807, 2.05) is 0 Å². The summed E-state index contributed by atoms with van der Waals surface area (Å²) in [5.41, 5.74) is 0. The van der Waals surface area contributed by atoms with Crippen molar-refractivity contribution in [2.45, 2.75) is 108 Å². The van der Waals surface area contributed by atoms with E-state index in [1.165, 1.54) is 57.8 Å². The monoisotopic (exact) mass is 392 g/mol. The van der Waals surface area contributed by atoms with E-state index in [0.29, 0.717) is 25.6 Å². The van der Waals surface area contributed by atoms with Crippen LogP contribution in [0.15, 0.2) is 0 Å². The van der Waals surface area contributed by atoms with Gasteiger partial charge in [-0.2, -0.15) is 0 Å². The minimum absolute atomic E-state index is 0.0363. The summed E-state index contributed by atoms with van der Waals surface area (Å²) in [5.74, 6) is 6.36. The minimum atomic E-state index is -0.562. The van der Waals surface area contributed by atoms with Crippen LogP contribution < -0.4 is 0 Å². The Bertz CT molecular complexity index is 516. The van der Waals surface area contributed by atoms with Gasteiger partial charge in [-0.15, -0.1) is 0 Å². The number of hydrogen-bond donors (Lipinski definition) is 2. The van der Waals surface area contributed by atoms with E-state index < -0.39 is 18.0 Å². The second-order valence-electron chi connectivity index (χ2n) is 9.09. The second-order valence-corrected chi connectivity index (χ2v) is 9.09. The van der Waals surface area contributed by atoms with Gasteiger partial charge < -0.3 is 19.7 Å². The molecule has 2 aliphatic carbocycles. The predicted molar refractivity (Wildman–Crippen MR) is 111 cm³/mol. The molecule has 1 heterocycles. The van der Waals surface area contributed by atoms with Gasteiger partial charge in [-0.3, -0.25) is 0 Å². The zero-order chi connectivity index (χ0) is 19.8. The quantitative estimate of drug-likeness (QED) is 0.404. The Labute approximate surface area is 171 Å². The molecule has 3 rings (SSSR count). The summed E-state index contributed by atoms with van der Waals surface area (Å²) in [6.45, 7) is 3.58. The van der Waals surface area contributed by atoms with E-state index in [1.54, 1.807) is 0 Å². The lowest BCUT2D eigenvalue weighted by Crippen LogP contribution is -2.53. The summed E-state index contributed by atoms with van der Waals surface area (Å²) in [4.78, 5) is 0. The van der Waals surface area contributed by atoms with Crippen LogP contribution in [0.5, 0.6) is 0 Å². The van der Waals surface area contributed by atoms with Gasteiger partial charge in [-0.1, -0.05) is 76.6 Å². The first-order chi connectivity index (χ1) is 13.7. The van der Waals surface area contributed by atoms with Crippen molar-refractivity contribution in [3.8, 4) is 11.8 Å². The molecular formula is C24H40O4. The molecular weight excluding hydrogens is 352 g/mol. The zero-order valence-electron chi connectivity index (χ0n) is 17.7. The Morgan fingerprint density at radius 2 is 1.57 bits per heavy atom. The summed E-state index contributed by atoms with van der Waals surface area (Å²) in [5, 5.41) is 20.6. The number of aliphatic hydroxyl groups excluding tert-OH is 2. The third kappa shape index (κ3) is 5.51. The Balaban J connectivity index is 1.26. The summed E-state index contributed by atoms with van der Waals surface area (Å²) in [7, 11) is 0. The molecule has 0 aromatic heterocycles. The van der Waals surface area contributed by atoms with Crippen LogP contribution in [0.4, 0.5) is 0 Å². The van der Waals surface area contributed by atoms with Gasteiger partial charge in [0.15, 0.2) is 5.79 Å². The van der Waals surface area contributed by atoms with Crippen molar-refractivity contribution in [1.29, 1.82) is 0 Å². The maximum atomic E-state index is 10.4. The molecule has 2 N–H and O–H groups in total. The molecule has 28 heavy (non-hydrogen) atoms. The maximum Gasteiger partial charge on any atom is 0.172 e. The van der Waals surface area contributed by atoms with Crippen LogP contribution in [-0.2, 0) is 9.47 Å². The molecule has 1 aliphatic heterocycles. The molecule has 3 aliphatic rings. The summed E-state index contributed by atoms with van der Waals surface area (Å²) < 4.78 is 11.6. The molecule has 5 unspecified atom stereocenters. The summed E-state index contributed by atoms with van der Waals surface area (Å²) in [6, 6.07) is 0. The van der Waals surface area contributed by atoms with Gasteiger partial charge in [0.2, 0.25) is 0 Å². The van der Waals surface area contributed by atoms with E-state index in [-0.39, 0.29) is 11.8 Å². The molecule has 1 spiro atoms. The molecule has 5 atom stereocenters. The highest BCUT2D eigenvalue weighted by Crippen LogP contribution is 2.59. The average molecular weight is 393 g/mol. The van der Waals surface area contributed by atoms with Crippen LogP contribution in [-0.4, -0.2) is 41.4 Å². The lowest BCUT2D eigenvalue weighted by molar-refractivity contribution is -0.270. The molecule has 1 saturated heterocycles. The van der Waals surface area contributed by atoms with Crippen molar-refractivity contribution >= 4 is 0 Å². The van der Waals surface area contributed by atoms with Gasteiger partial charge in [-0.25, -0.2) is 0 Å². The highest BCUT2D eigenvalue weighted by atomic mass is 16.7. The molecule has 2 saturated carbocycles. The molecule has 160 valence electrons. The van der Waals surface area contributed by atoms with Crippen LogP contribution in [0.2, 0.25) is 0 Å². The van der Waals surface area contributed by atoms with Crippen molar-refractivity contribution in [2.75, 3.05) is 13.2 Å². The molecule has 0 aromatic carbocycles. The number of hydrogen-bond acceptors (Lipinski definition) is 4. The lowest BCUT2D eigenvalue weighted by atomic mass is 9.67. The normalized spacial score (nSPS) is 31.2. The number of unbranched alkanes of at least 4 members (excludes halogenated alkanes) is 9. The van der Waals surface area contributed by atoms with Crippen LogP contribution >= 0.6 is 0 Å². The van der Waals surface area contributed by atoms with Crippen LogP contribution in [0.3, 0.4) is 0 Å². The van der Waals surface area contributed by atoms with Gasteiger partial charge in [0.05, 0.1) is 19.3 Å². The molecule has 0 aromatic rings. The third-order valence-corrected chi connectivity index (χ3v) is 7.00. The zero-order valence-corrected chi connectivity index (χ0v) is 17.7. The van der Waals surface area contributed by atoms with E-state index in [4.69, 9.17) is 9.47 Å². The van der Waals surface area contributed by atoms with Gasteiger partial charge in [0.25, 0.3) is 0 Å². The van der Waals surface area contributed by atoms with Crippen LogP contribution in [0.1, 0.15) is 90.4 Å². The molecule has 0 bridgehead atoms. The predicted octanol–water partition coefficient (Wildman–Crippen LogP) is 4.42. The Morgan fingerprint density at radius 3 is 2.21 bits per heavy atom. The fraction of sp³-hybridized carbons (Fsp3) is 0.917.